The number of carboxylic acid groups (broad SMARTS) is 1. The molecule has 1 heterocycles. The van der Waals surface area contributed by atoms with E-state index in [-0.39, 0.29) is 0 Å². The van der Waals surface area contributed by atoms with E-state index in [2.05, 4.69) is 10.3 Å². The van der Waals surface area contributed by atoms with Crippen LogP contribution in [-0.4, -0.2) is 22.1 Å². The number of aromatic amines is 1. The zero-order chi connectivity index (χ0) is 22.5. The highest BCUT2D eigenvalue weighted by Crippen LogP contribution is 2.24. The summed E-state index contributed by atoms with van der Waals surface area (Å²) in [6.45, 7) is 0.812. The minimum absolute atomic E-state index is 0.375. The van der Waals surface area contributed by atoms with Crippen LogP contribution in [-0.2, 0) is 24.4 Å². The van der Waals surface area contributed by atoms with Gasteiger partial charge in [0.1, 0.15) is 18.4 Å². The normalized spacial score (nSPS) is 12.1. The Hall–Kier alpha value is -2.99. The van der Waals surface area contributed by atoms with Crippen LogP contribution in [0.3, 0.4) is 0 Å². The van der Waals surface area contributed by atoms with E-state index in [1.165, 1.54) is 0 Å². The van der Waals surface area contributed by atoms with E-state index in [4.69, 9.17) is 27.9 Å². The molecule has 0 aliphatic rings. The van der Waals surface area contributed by atoms with Gasteiger partial charge in [0.15, 0.2) is 0 Å². The number of carboxylic acids is 1. The maximum absolute atomic E-state index is 11.8. The van der Waals surface area contributed by atoms with Gasteiger partial charge in [0, 0.05) is 30.1 Å². The summed E-state index contributed by atoms with van der Waals surface area (Å²) in [5, 5.41) is 14.9. The molecule has 1 unspecified atom stereocenters. The third-order valence-electron chi connectivity index (χ3n) is 5.26. The Kier molecular flexibility index (Phi) is 7.00. The molecule has 3 N–H and O–H groups in total. The molecule has 0 radical (unpaired) electrons. The van der Waals surface area contributed by atoms with Crippen molar-refractivity contribution in [2.75, 3.05) is 0 Å². The SMILES string of the molecule is O=C(O)C(Cc1c[nH]c2ccccc12)NCc1ccc(OCc2ccc(Cl)c(Cl)c2)cc1. The molecule has 5 nitrogen and oxygen atoms in total. The van der Waals surface area contributed by atoms with Crippen LogP contribution in [0.15, 0.2) is 72.9 Å². The first-order chi connectivity index (χ1) is 15.5. The molecule has 0 fully saturated rings. The summed E-state index contributed by atoms with van der Waals surface area (Å²) >= 11 is 12.0. The average Bonchev–Trinajstić information content (AvgIpc) is 3.21. The van der Waals surface area contributed by atoms with Gasteiger partial charge in [-0.05, 0) is 47.0 Å². The van der Waals surface area contributed by atoms with Crippen LogP contribution in [0.2, 0.25) is 10.0 Å². The number of nitrogens with one attached hydrogen (secondary N) is 2. The van der Waals surface area contributed by atoms with Crippen molar-refractivity contribution < 1.29 is 14.6 Å². The Labute approximate surface area is 195 Å². The van der Waals surface area contributed by atoms with Gasteiger partial charge >= 0.3 is 5.97 Å². The lowest BCUT2D eigenvalue weighted by molar-refractivity contribution is -0.139. The summed E-state index contributed by atoms with van der Waals surface area (Å²) < 4.78 is 5.80. The van der Waals surface area contributed by atoms with Crippen molar-refractivity contribution in [3.8, 4) is 5.75 Å². The van der Waals surface area contributed by atoms with Crippen molar-refractivity contribution >= 4 is 40.1 Å². The van der Waals surface area contributed by atoms with E-state index in [9.17, 15) is 9.90 Å². The van der Waals surface area contributed by atoms with E-state index >= 15 is 0 Å². The van der Waals surface area contributed by atoms with E-state index in [0.717, 1.165) is 27.6 Å². The largest absolute Gasteiger partial charge is 0.489 e. The predicted octanol–water partition coefficient (Wildman–Crippen LogP) is 5.84. The number of hydrogen-bond acceptors (Lipinski definition) is 3. The van der Waals surface area contributed by atoms with E-state index in [0.29, 0.717) is 35.4 Å². The fourth-order valence-corrected chi connectivity index (χ4v) is 3.83. The molecule has 0 amide bonds. The van der Waals surface area contributed by atoms with Crippen LogP contribution in [0.4, 0.5) is 0 Å². The van der Waals surface area contributed by atoms with Crippen molar-refractivity contribution in [3.63, 3.8) is 0 Å². The summed E-state index contributed by atoms with van der Waals surface area (Å²) in [6, 6.07) is 20.1. The number of carbonyl (C=O) groups is 1. The average molecular weight is 469 g/mol. The number of aromatic nitrogens is 1. The Bertz CT molecular complexity index is 1220. The minimum Gasteiger partial charge on any atom is -0.489 e. The zero-order valence-electron chi connectivity index (χ0n) is 17.1. The highest BCUT2D eigenvalue weighted by atomic mass is 35.5. The van der Waals surface area contributed by atoms with Crippen LogP contribution >= 0.6 is 23.2 Å². The highest BCUT2D eigenvalue weighted by molar-refractivity contribution is 6.42. The topological polar surface area (TPSA) is 74.3 Å². The molecule has 1 aromatic heterocycles. The molecule has 0 saturated carbocycles. The smallest absolute Gasteiger partial charge is 0.321 e. The van der Waals surface area contributed by atoms with Gasteiger partial charge in [0.05, 0.1) is 10.0 Å². The molecule has 4 rings (SSSR count). The van der Waals surface area contributed by atoms with Crippen LogP contribution in [0.25, 0.3) is 10.9 Å². The van der Waals surface area contributed by atoms with Gasteiger partial charge in [-0.15, -0.1) is 0 Å². The van der Waals surface area contributed by atoms with E-state index in [1.807, 2.05) is 60.8 Å². The molecule has 3 aromatic carbocycles. The van der Waals surface area contributed by atoms with Gasteiger partial charge in [0.2, 0.25) is 0 Å². The third-order valence-corrected chi connectivity index (χ3v) is 6.00. The Morgan fingerprint density at radius 1 is 1.00 bits per heavy atom. The summed E-state index contributed by atoms with van der Waals surface area (Å²) in [4.78, 5) is 15.0. The van der Waals surface area contributed by atoms with E-state index < -0.39 is 12.0 Å². The highest BCUT2D eigenvalue weighted by Gasteiger charge is 2.19. The van der Waals surface area contributed by atoms with Gasteiger partial charge in [-0.3, -0.25) is 4.79 Å². The maximum Gasteiger partial charge on any atom is 0.321 e. The first-order valence-corrected chi connectivity index (χ1v) is 10.9. The van der Waals surface area contributed by atoms with Crippen molar-refractivity contribution in [3.05, 3.63) is 99.7 Å². The molecule has 4 aromatic rings. The lowest BCUT2D eigenvalue weighted by atomic mass is 10.0. The minimum atomic E-state index is -0.878. The number of para-hydroxylation sites is 1. The number of halogens is 2. The molecular weight excluding hydrogens is 447 g/mol. The number of rotatable bonds is 9. The number of fused-ring (bicyclic) bond motifs is 1. The van der Waals surface area contributed by atoms with Crippen molar-refractivity contribution in [1.29, 1.82) is 0 Å². The lowest BCUT2D eigenvalue weighted by Crippen LogP contribution is -2.38. The Balaban J connectivity index is 1.33. The van der Waals surface area contributed by atoms with Gasteiger partial charge in [-0.1, -0.05) is 59.6 Å². The van der Waals surface area contributed by atoms with Crippen molar-refractivity contribution in [2.24, 2.45) is 0 Å². The number of H-pyrrole nitrogens is 1. The molecule has 7 heteroatoms. The predicted molar refractivity (Wildman–Crippen MR) is 128 cm³/mol. The fraction of sp³-hybridized carbons (Fsp3) is 0.160. The Morgan fingerprint density at radius 3 is 2.50 bits per heavy atom. The lowest BCUT2D eigenvalue weighted by Gasteiger charge is -2.15. The monoisotopic (exact) mass is 468 g/mol. The third kappa shape index (κ3) is 5.43. The molecule has 32 heavy (non-hydrogen) atoms. The molecule has 0 saturated heterocycles. The quantitative estimate of drug-likeness (QED) is 0.288. The molecule has 0 aliphatic carbocycles. The first-order valence-electron chi connectivity index (χ1n) is 10.2. The van der Waals surface area contributed by atoms with Crippen LogP contribution in [0.1, 0.15) is 16.7 Å². The molecule has 0 bridgehead atoms. The summed E-state index contributed by atoms with van der Waals surface area (Å²) in [6.07, 6.45) is 2.27. The summed E-state index contributed by atoms with van der Waals surface area (Å²) in [5.41, 5.74) is 3.87. The zero-order valence-corrected chi connectivity index (χ0v) is 18.7. The van der Waals surface area contributed by atoms with Crippen molar-refractivity contribution in [2.45, 2.75) is 25.6 Å². The summed E-state index contributed by atoms with van der Waals surface area (Å²) in [5.74, 6) is -0.162. The van der Waals surface area contributed by atoms with Crippen LogP contribution in [0, 0.1) is 0 Å². The second-order valence-corrected chi connectivity index (χ2v) is 8.33. The van der Waals surface area contributed by atoms with Gasteiger partial charge in [-0.2, -0.15) is 0 Å². The molecule has 0 aliphatic heterocycles. The summed E-state index contributed by atoms with van der Waals surface area (Å²) in [7, 11) is 0. The molecule has 0 spiro atoms. The Morgan fingerprint density at radius 2 is 1.75 bits per heavy atom. The van der Waals surface area contributed by atoms with Crippen LogP contribution < -0.4 is 10.1 Å². The van der Waals surface area contributed by atoms with Crippen LogP contribution in [0.5, 0.6) is 5.75 Å². The number of aliphatic carboxylic acids is 1. The number of benzene rings is 3. The maximum atomic E-state index is 11.8. The standard InChI is InChI=1S/C25H22Cl2N2O3/c26-21-10-7-17(11-22(21)27)15-32-19-8-5-16(6-9-19)13-28-24(25(30)31)12-18-14-29-23-4-2-1-3-20(18)23/h1-11,14,24,28-29H,12-13,15H2,(H,30,31). The number of ether oxygens (including phenoxy) is 1. The molecule has 164 valence electrons. The second kappa shape index (κ2) is 10.1. The first kappa shape index (κ1) is 22.2. The van der Waals surface area contributed by atoms with Gasteiger partial charge in [-0.25, -0.2) is 0 Å². The second-order valence-electron chi connectivity index (χ2n) is 7.52. The molecule has 1 atom stereocenters. The van der Waals surface area contributed by atoms with Gasteiger partial charge < -0.3 is 20.1 Å². The number of hydrogen-bond donors (Lipinski definition) is 3. The fourth-order valence-electron chi connectivity index (χ4n) is 3.51. The van der Waals surface area contributed by atoms with E-state index in [1.54, 1.807) is 12.1 Å². The molecular formula is C25H22Cl2N2O3. The van der Waals surface area contributed by atoms with Gasteiger partial charge in [0.25, 0.3) is 0 Å². The van der Waals surface area contributed by atoms with Crippen molar-refractivity contribution in [1.82, 2.24) is 10.3 Å².